The molecule has 0 N–H and O–H groups in total. The van der Waals surface area contributed by atoms with Crippen molar-refractivity contribution in [1.29, 1.82) is 0 Å². The number of carbonyl (C=O) groups is 1. The Morgan fingerprint density at radius 2 is 1.45 bits per heavy atom. The van der Waals surface area contributed by atoms with E-state index >= 15 is 0 Å². The summed E-state index contributed by atoms with van der Waals surface area (Å²) in [5, 5.41) is -2.27. The lowest BCUT2D eigenvalue weighted by Gasteiger charge is -2.39. The lowest BCUT2D eigenvalue weighted by Crippen LogP contribution is -2.26. The molecule has 0 bridgehead atoms. The van der Waals surface area contributed by atoms with Gasteiger partial charge >= 0.3 is 10.2 Å². The molecule has 1 amide bonds. The van der Waals surface area contributed by atoms with E-state index in [0.717, 1.165) is 11.0 Å². The Labute approximate surface area is 163 Å². The van der Waals surface area contributed by atoms with Gasteiger partial charge in [-0.2, -0.15) is 0 Å². The molecule has 1 heterocycles. The maximum Gasteiger partial charge on any atom is 0.325 e. The number of amides is 1. The Balaban J connectivity index is 2.09. The predicted molar refractivity (Wildman–Crippen MR) is 102 cm³/mol. The Hall–Kier alpha value is -3.14. The molecule has 0 radical (unpaired) electrons. The highest BCUT2D eigenvalue weighted by atomic mass is 32.5. The number of methoxy groups -OCH3 is 1. The number of ether oxygens (including phenoxy) is 1. The van der Waals surface area contributed by atoms with Crippen LogP contribution in [0.15, 0.2) is 78.0 Å². The molecule has 3 aromatic rings. The molecular weight excluding hydrogens is 415 g/mol. The molecule has 0 unspecified atom stereocenters. The van der Waals surface area contributed by atoms with E-state index < -0.39 is 21.2 Å². The molecule has 29 heavy (non-hydrogen) atoms. The molecular formula is C19H15F5N2O2S. The highest BCUT2D eigenvalue weighted by Gasteiger charge is 2.67. The van der Waals surface area contributed by atoms with Gasteiger partial charge in [-0.25, -0.2) is 4.98 Å². The minimum Gasteiger partial charge on any atom is -0.497 e. The van der Waals surface area contributed by atoms with E-state index in [2.05, 4.69) is 4.98 Å². The molecule has 154 valence electrons. The number of anilines is 2. The van der Waals surface area contributed by atoms with Crippen molar-refractivity contribution in [1.82, 2.24) is 4.98 Å². The van der Waals surface area contributed by atoms with Crippen molar-refractivity contribution in [3.8, 4) is 5.75 Å². The number of rotatable bonds is 5. The van der Waals surface area contributed by atoms with E-state index in [1.807, 2.05) is 0 Å². The van der Waals surface area contributed by atoms with E-state index in [4.69, 9.17) is 4.74 Å². The van der Waals surface area contributed by atoms with Gasteiger partial charge in [0.2, 0.25) is 0 Å². The molecule has 4 nitrogen and oxygen atoms in total. The van der Waals surface area contributed by atoms with E-state index in [1.165, 1.54) is 31.4 Å². The summed E-state index contributed by atoms with van der Waals surface area (Å²) in [6.45, 7) is 0. The van der Waals surface area contributed by atoms with Crippen molar-refractivity contribution < 1.29 is 29.0 Å². The van der Waals surface area contributed by atoms with E-state index in [0.29, 0.717) is 17.6 Å². The number of nitrogens with zero attached hydrogens (tertiary/aromatic N) is 2. The fraction of sp³-hybridized carbons (Fsp3) is 0.0526. The van der Waals surface area contributed by atoms with Gasteiger partial charge in [0.15, 0.2) is 5.03 Å². The lowest BCUT2D eigenvalue weighted by atomic mass is 10.1. The van der Waals surface area contributed by atoms with Crippen LogP contribution in [0.1, 0.15) is 10.4 Å². The van der Waals surface area contributed by atoms with Crippen molar-refractivity contribution in [2.75, 3.05) is 12.0 Å². The second kappa shape index (κ2) is 6.45. The first-order valence-corrected chi connectivity index (χ1v) is 10.1. The van der Waals surface area contributed by atoms with Crippen LogP contribution in [-0.2, 0) is 0 Å². The average molecular weight is 430 g/mol. The van der Waals surface area contributed by atoms with Gasteiger partial charge < -0.3 is 4.74 Å². The molecule has 0 saturated carbocycles. The summed E-state index contributed by atoms with van der Waals surface area (Å²) in [5.41, 5.74) is 0.441. The Bertz CT molecular complexity index is 1030. The summed E-state index contributed by atoms with van der Waals surface area (Å²) in [5.74, 6) is -0.0760. The molecule has 10 heteroatoms. The number of hydrogen-bond acceptors (Lipinski definition) is 3. The zero-order valence-electron chi connectivity index (χ0n) is 14.9. The standard InChI is InChI=1S/C19H15F5N2O2S/c1-28-17-10-7-15(8-11-17)26(19(27)14-5-3-2-4-6-14)16-9-12-18(25-13-16)29(20,21,22,23)24/h2-13H,1H3. The van der Waals surface area contributed by atoms with Crippen molar-refractivity contribution in [3.63, 3.8) is 0 Å². The Morgan fingerprint density at radius 1 is 0.862 bits per heavy atom. The molecule has 3 rings (SSSR count). The summed E-state index contributed by atoms with van der Waals surface area (Å²) in [4.78, 5) is 17.0. The molecule has 0 spiro atoms. The third-order valence-corrected chi connectivity index (χ3v) is 4.96. The molecule has 2 aromatic carbocycles. The number of pyridine rings is 1. The van der Waals surface area contributed by atoms with Gasteiger partial charge in [0.25, 0.3) is 5.91 Å². The lowest BCUT2D eigenvalue weighted by molar-refractivity contribution is 0.0999. The van der Waals surface area contributed by atoms with Crippen LogP contribution in [-0.4, -0.2) is 18.0 Å². The van der Waals surface area contributed by atoms with E-state index in [1.54, 1.807) is 30.3 Å². The van der Waals surface area contributed by atoms with Crippen LogP contribution in [0.3, 0.4) is 0 Å². The van der Waals surface area contributed by atoms with Gasteiger partial charge in [0, 0.05) is 11.3 Å². The van der Waals surface area contributed by atoms with Crippen LogP contribution in [0.5, 0.6) is 5.75 Å². The maximum absolute atomic E-state index is 13.0. The fourth-order valence-corrected chi connectivity index (χ4v) is 3.13. The van der Waals surface area contributed by atoms with E-state index in [-0.39, 0.29) is 17.3 Å². The van der Waals surface area contributed by atoms with Gasteiger partial charge in [0.1, 0.15) is 5.75 Å². The molecule has 0 aliphatic rings. The van der Waals surface area contributed by atoms with Crippen LogP contribution in [0.2, 0.25) is 0 Å². The van der Waals surface area contributed by atoms with Crippen molar-refractivity contribution in [2.24, 2.45) is 0 Å². The molecule has 0 fully saturated rings. The first-order chi connectivity index (χ1) is 13.4. The maximum atomic E-state index is 13.0. The Kier molecular flexibility index (Phi) is 4.58. The van der Waals surface area contributed by atoms with Gasteiger partial charge in [-0.05, 0) is 48.5 Å². The summed E-state index contributed by atoms with van der Waals surface area (Å²) < 4.78 is 69.8. The smallest absolute Gasteiger partial charge is 0.325 e. The van der Waals surface area contributed by atoms with Crippen LogP contribution in [0.25, 0.3) is 0 Å². The van der Waals surface area contributed by atoms with Crippen molar-refractivity contribution in [3.05, 3.63) is 78.5 Å². The van der Waals surface area contributed by atoms with Gasteiger partial charge in [-0.15, -0.1) is 0 Å². The van der Waals surface area contributed by atoms with Gasteiger partial charge in [-0.1, -0.05) is 37.6 Å². The highest BCUT2D eigenvalue weighted by Crippen LogP contribution is 3.01. The monoisotopic (exact) mass is 430 g/mol. The quantitative estimate of drug-likeness (QED) is 0.422. The van der Waals surface area contributed by atoms with Crippen LogP contribution >= 0.6 is 10.2 Å². The second-order valence-corrected chi connectivity index (χ2v) is 8.38. The number of hydrogen-bond donors (Lipinski definition) is 0. The zero-order valence-corrected chi connectivity index (χ0v) is 15.8. The number of carbonyl (C=O) groups excluding carboxylic acids is 1. The highest BCUT2D eigenvalue weighted by molar-refractivity contribution is 8.45. The van der Waals surface area contributed by atoms with Crippen LogP contribution < -0.4 is 9.64 Å². The van der Waals surface area contributed by atoms with Crippen LogP contribution in [0.4, 0.5) is 30.8 Å². The third kappa shape index (κ3) is 4.65. The molecule has 0 aliphatic heterocycles. The van der Waals surface area contributed by atoms with Crippen LogP contribution in [0, 0.1) is 0 Å². The average Bonchev–Trinajstić information content (AvgIpc) is 2.68. The normalized spacial score (nSPS) is 13.9. The summed E-state index contributed by atoms with van der Waals surface area (Å²) in [6, 6.07) is 15.1. The number of aromatic nitrogens is 1. The third-order valence-electron chi connectivity index (χ3n) is 3.93. The first-order valence-electron chi connectivity index (χ1n) is 8.13. The SMILES string of the molecule is COc1ccc(N(C(=O)c2ccccc2)c2ccc(S(F)(F)(F)(F)F)nc2)cc1. The minimum atomic E-state index is -9.92. The number of halogens is 5. The number of benzene rings is 2. The second-order valence-electron chi connectivity index (χ2n) is 6.03. The molecule has 1 aromatic heterocycles. The van der Waals surface area contributed by atoms with Crippen molar-refractivity contribution >= 4 is 27.5 Å². The fourth-order valence-electron chi connectivity index (χ4n) is 2.56. The summed E-state index contributed by atoms with van der Waals surface area (Å²) >= 11 is 0. The topological polar surface area (TPSA) is 42.4 Å². The van der Waals surface area contributed by atoms with Gasteiger partial charge in [0.05, 0.1) is 19.0 Å². The Morgan fingerprint density at radius 3 is 1.93 bits per heavy atom. The van der Waals surface area contributed by atoms with Crippen molar-refractivity contribution in [2.45, 2.75) is 5.03 Å². The summed E-state index contributed by atoms with van der Waals surface area (Å²) in [6.07, 6.45) is 0.596. The largest absolute Gasteiger partial charge is 0.497 e. The molecule has 0 saturated heterocycles. The zero-order chi connectivity index (χ0) is 21.3. The van der Waals surface area contributed by atoms with E-state index in [9.17, 15) is 24.2 Å². The first kappa shape index (κ1) is 20.6. The predicted octanol–water partition coefficient (Wildman–Crippen LogP) is 6.73. The molecule has 0 atom stereocenters. The van der Waals surface area contributed by atoms with Gasteiger partial charge in [-0.3, -0.25) is 9.69 Å². The molecule has 0 aliphatic carbocycles. The minimum absolute atomic E-state index is 0.102. The summed E-state index contributed by atoms with van der Waals surface area (Å²) in [7, 11) is -8.47.